The van der Waals surface area contributed by atoms with Gasteiger partial charge >= 0.3 is 0 Å². The molecule has 5 nitrogen and oxygen atoms in total. The van der Waals surface area contributed by atoms with Crippen LogP contribution < -0.4 is 9.62 Å². The molecule has 0 heterocycles. The number of carbonyl (C=O) groups excluding carboxylic acids is 1. The first kappa shape index (κ1) is 21.0. The van der Waals surface area contributed by atoms with Crippen molar-refractivity contribution in [2.24, 2.45) is 0 Å². The van der Waals surface area contributed by atoms with E-state index in [2.05, 4.69) is 5.32 Å². The van der Waals surface area contributed by atoms with Gasteiger partial charge in [-0.05, 0) is 56.0 Å². The summed E-state index contributed by atoms with van der Waals surface area (Å²) >= 11 is 0. The molecule has 2 atom stereocenters. The predicted octanol–water partition coefficient (Wildman–Crippen LogP) is 3.73. The van der Waals surface area contributed by atoms with Crippen LogP contribution in [0.15, 0.2) is 48.5 Å². The number of hydrogen-bond donors (Lipinski definition) is 1. The molecular weight excluding hydrogens is 360 g/mol. The van der Waals surface area contributed by atoms with Crippen molar-refractivity contribution < 1.29 is 13.2 Å². The van der Waals surface area contributed by atoms with Crippen LogP contribution in [-0.4, -0.2) is 26.6 Å². The Bertz CT molecular complexity index is 895. The highest BCUT2D eigenvalue weighted by Crippen LogP contribution is 2.24. The van der Waals surface area contributed by atoms with Gasteiger partial charge in [0.25, 0.3) is 0 Å². The zero-order valence-electron chi connectivity index (χ0n) is 16.6. The van der Waals surface area contributed by atoms with Crippen LogP contribution in [-0.2, 0) is 14.8 Å². The molecule has 1 N–H and O–H groups in total. The van der Waals surface area contributed by atoms with Crippen LogP contribution in [0, 0.1) is 13.8 Å². The summed E-state index contributed by atoms with van der Waals surface area (Å²) in [5, 5.41) is 2.99. The largest absolute Gasteiger partial charge is 0.347 e. The fourth-order valence-corrected chi connectivity index (χ4v) is 4.24. The van der Waals surface area contributed by atoms with Gasteiger partial charge in [-0.3, -0.25) is 9.10 Å². The highest BCUT2D eigenvalue weighted by atomic mass is 32.2. The Morgan fingerprint density at radius 1 is 1.07 bits per heavy atom. The molecule has 2 aromatic carbocycles. The number of aryl methyl sites for hydroxylation is 2. The maximum absolute atomic E-state index is 12.9. The fraction of sp³-hybridized carbons (Fsp3) is 0.381. The van der Waals surface area contributed by atoms with E-state index in [1.165, 1.54) is 4.31 Å². The number of carbonyl (C=O) groups is 1. The number of nitrogens with zero attached hydrogens (tertiary/aromatic N) is 1. The Morgan fingerprint density at radius 2 is 1.70 bits per heavy atom. The van der Waals surface area contributed by atoms with Crippen molar-refractivity contribution in [3.05, 3.63) is 65.2 Å². The summed E-state index contributed by atoms with van der Waals surface area (Å²) in [5.74, 6) is -0.325. The van der Waals surface area contributed by atoms with Crippen molar-refractivity contribution in [3.8, 4) is 0 Å². The average molecular weight is 389 g/mol. The highest BCUT2D eigenvalue weighted by Gasteiger charge is 2.30. The summed E-state index contributed by atoms with van der Waals surface area (Å²) in [6.45, 7) is 7.49. The molecule has 1 amide bonds. The lowest BCUT2D eigenvalue weighted by atomic mass is 10.0. The van der Waals surface area contributed by atoms with E-state index in [0.29, 0.717) is 12.1 Å². The Hall–Kier alpha value is -2.34. The smallest absolute Gasteiger partial charge is 0.244 e. The molecule has 0 aliphatic carbocycles. The molecule has 6 heteroatoms. The van der Waals surface area contributed by atoms with Crippen molar-refractivity contribution in [2.45, 2.75) is 46.2 Å². The highest BCUT2D eigenvalue weighted by molar-refractivity contribution is 7.92. The number of hydrogen-bond acceptors (Lipinski definition) is 3. The molecule has 0 aliphatic heterocycles. The molecule has 0 aromatic heterocycles. The third-order valence-electron chi connectivity index (χ3n) is 4.76. The molecule has 0 fully saturated rings. The Morgan fingerprint density at radius 3 is 2.22 bits per heavy atom. The lowest BCUT2D eigenvalue weighted by Crippen LogP contribution is -2.48. The van der Waals surface area contributed by atoms with E-state index in [1.54, 1.807) is 19.1 Å². The standard InChI is InChI=1S/C21H28N2O3S/c1-6-20(18-10-8-7-9-11-18)22-21(24)17(4)23(27(5,25)26)19-13-12-15(2)16(3)14-19/h7-14,17,20H,6H2,1-5H3,(H,22,24). The SMILES string of the molecule is CCC(NC(=O)C(C)N(c1ccc(C)c(C)c1)S(C)(=O)=O)c1ccccc1. The van der Waals surface area contributed by atoms with Crippen LogP contribution in [0.1, 0.15) is 43.0 Å². The molecule has 0 bridgehead atoms. The van der Waals surface area contributed by atoms with Crippen LogP contribution in [0.5, 0.6) is 0 Å². The molecule has 146 valence electrons. The number of nitrogens with one attached hydrogen (secondary N) is 1. The van der Waals surface area contributed by atoms with Crippen molar-refractivity contribution in [2.75, 3.05) is 10.6 Å². The van der Waals surface area contributed by atoms with Crippen LogP contribution in [0.2, 0.25) is 0 Å². The van der Waals surface area contributed by atoms with Gasteiger partial charge in [-0.1, -0.05) is 43.3 Å². The van der Waals surface area contributed by atoms with Gasteiger partial charge in [0.2, 0.25) is 15.9 Å². The predicted molar refractivity (Wildman–Crippen MR) is 110 cm³/mol. The molecule has 0 saturated heterocycles. The second-order valence-electron chi connectivity index (χ2n) is 6.88. The van der Waals surface area contributed by atoms with Gasteiger partial charge in [-0.2, -0.15) is 0 Å². The molecule has 0 spiro atoms. The first-order valence-corrected chi connectivity index (χ1v) is 10.9. The van der Waals surface area contributed by atoms with Crippen molar-refractivity contribution >= 4 is 21.6 Å². The Balaban J connectivity index is 2.30. The Labute approximate surface area is 162 Å². The molecule has 0 radical (unpaired) electrons. The van der Waals surface area contributed by atoms with E-state index in [0.717, 1.165) is 22.9 Å². The summed E-state index contributed by atoms with van der Waals surface area (Å²) in [6, 6.07) is 14.1. The van der Waals surface area contributed by atoms with E-state index in [1.807, 2.05) is 57.2 Å². The molecule has 0 aliphatic rings. The second-order valence-corrected chi connectivity index (χ2v) is 8.74. The Kier molecular flexibility index (Phi) is 6.65. The van der Waals surface area contributed by atoms with Gasteiger partial charge in [0.15, 0.2) is 0 Å². The van der Waals surface area contributed by atoms with E-state index >= 15 is 0 Å². The fourth-order valence-electron chi connectivity index (χ4n) is 3.07. The first-order valence-electron chi connectivity index (χ1n) is 9.07. The van der Waals surface area contributed by atoms with E-state index in [-0.39, 0.29) is 11.9 Å². The third kappa shape index (κ3) is 5.10. The van der Waals surface area contributed by atoms with Gasteiger partial charge in [0, 0.05) is 0 Å². The number of benzene rings is 2. The summed E-state index contributed by atoms with van der Waals surface area (Å²) in [7, 11) is -3.63. The normalized spacial score (nSPS) is 13.7. The lowest BCUT2D eigenvalue weighted by Gasteiger charge is -2.30. The third-order valence-corrected chi connectivity index (χ3v) is 6.00. The number of rotatable bonds is 7. The van der Waals surface area contributed by atoms with Crippen LogP contribution in [0.25, 0.3) is 0 Å². The van der Waals surface area contributed by atoms with Gasteiger partial charge in [-0.25, -0.2) is 8.42 Å². The van der Waals surface area contributed by atoms with E-state index < -0.39 is 16.1 Å². The number of sulfonamides is 1. The van der Waals surface area contributed by atoms with Crippen molar-refractivity contribution in [1.82, 2.24) is 5.32 Å². The molecule has 0 saturated carbocycles. The minimum Gasteiger partial charge on any atom is -0.347 e. The van der Waals surface area contributed by atoms with Gasteiger partial charge in [-0.15, -0.1) is 0 Å². The van der Waals surface area contributed by atoms with Gasteiger partial charge in [0.05, 0.1) is 18.0 Å². The minimum absolute atomic E-state index is 0.165. The number of amides is 1. The quantitative estimate of drug-likeness (QED) is 0.786. The summed E-state index contributed by atoms with van der Waals surface area (Å²) < 4.78 is 26.1. The van der Waals surface area contributed by atoms with E-state index in [9.17, 15) is 13.2 Å². The summed E-state index contributed by atoms with van der Waals surface area (Å²) in [5.41, 5.74) is 3.54. The molecule has 2 unspecified atom stereocenters. The topological polar surface area (TPSA) is 66.5 Å². The molecule has 2 aromatic rings. The molecule has 27 heavy (non-hydrogen) atoms. The van der Waals surface area contributed by atoms with Crippen LogP contribution >= 0.6 is 0 Å². The van der Waals surface area contributed by atoms with Crippen molar-refractivity contribution in [3.63, 3.8) is 0 Å². The average Bonchev–Trinajstić information content (AvgIpc) is 2.62. The van der Waals surface area contributed by atoms with Crippen molar-refractivity contribution in [1.29, 1.82) is 0 Å². The number of anilines is 1. The minimum atomic E-state index is -3.63. The molecular formula is C21H28N2O3S. The summed E-state index contributed by atoms with van der Waals surface area (Å²) in [6.07, 6.45) is 1.84. The second kappa shape index (κ2) is 8.57. The van der Waals surface area contributed by atoms with Crippen LogP contribution in [0.4, 0.5) is 5.69 Å². The van der Waals surface area contributed by atoms with Gasteiger partial charge in [0.1, 0.15) is 6.04 Å². The lowest BCUT2D eigenvalue weighted by molar-refractivity contribution is -0.122. The maximum Gasteiger partial charge on any atom is 0.244 e. The van der Waals surface area contributed by atoms with Crippen LogP contribution in [0.3, 0.4) is 0 Å². The summed E-state index contributed by atoms with van der Waals surface area (Å²) in [4.78, 5) is 12.9. The monoisotopic (exact) mass is 388 g/mol. The zero-order valence-corrected chi connectivity index (χ0v) is 17.4. The van der Waals surface area contributed by atoms with Gasteiger partial charge < -0.3 is 5.32 Å². The first-order chi connectivity index (χ1) is 12.6. The molecule has 2 rings (SSSR count). The maximum atomic E-state index is 12.9. The van der Waals surface area contributed by atoms with E-state index in [4.69, 9.17) is 0 Å². The zero-order chi connectivity index (χ0) is 20.2.